The third kappa shape index (κ3) is 2.62. The number of pyridine rings is 2. The molecular weight excluding hydrogens is 374 g/mol. The number of primary amides is 1. The van der Waals surface area contributed by atoms with Crippen molar-refractivity contribution < 1.29 is 23.1 Å². The van der Waals surface area contributed by atoms with Gasteiger partial charge in [0.05, 0.1) is 17.5 Å². The van der Waals surface area contributed by atoms with E-state index in [9.17, 15) is 18.4 Å². The van der Waals surface area contributed by atoms with Crippen LogP contribution in [0.5, 0.6) is 5.88 Å². The van der Waals surface area contributed by atoms with Gasteiger partial charge in [-0.2, -0.15) is 13.9 Å². The summed E-state index contributed by atoms with van der Waals surface area (Å²) in [6.45, 7) is 1.39. The molecule has 28 heavy (non-hydrogen) atoms. The van der Waals surface area contributed by atoms with Crippen LogP contribution in [0.3, 0.4) is 0 Å². The molecule has 1 aliphatic heterocycles. The molecule has 146 valence electrons. The molecule has 0 radical (unpaired) electrons. The number of carbonyl (C=O) groups excluding carboxylic acids is 2. The topological polar surface area (TPSA) is 124 Å². The lowest BCUT2D eigenvalue weighted by atomic mass is 9.95. The van der Waals surface area contributed by atoms with Crippen LogP contribution in [0.25, 0.3) is 16.6 Å². The molecule has 0 bridgehead atoms. The normalized spacial score (nSPS) is 21.2. The number of hydrogen-bond acceptors (Lipinski definition) is 6. The molecule has 0 spiro atoms. The first kappa shape index (κ1) is 18.0. The van der Waals surface area contributed by atoms with Crippen LogP contribution in [-0.4, -0.2) is 50.0 Å². The van der Waals surface area contributed by atoms with Gasteiger partial charge in [0, 0.05) is 11.6 Å². The lowest BCUT2D eigenvalue weighted by molar-refractivity contribution is -0.144. The fourth-order valence-electron chi connectivity index (χ4n) is 3.53. The van der Waals surface area contributed by atoms with E-state index in [0.717, 1.165) is 0 Å². The van der Waals surface area contributed by atoms with E-state index >= 15 is 0 Å². The van der Waals surface area contributed by atoms with E-state index in [4.69, 9.17) is 10.5 Å². The summed E-state index contributed by atoms with van der Waals surface area (Å²) in [5, 5.41) is 6.93. The molecule has 1 fully saturated rings. The maximum absolute atomic E-state index is 14.0. The number of aromatic nitrogens is 4. The lowest BCUT2D eigenvalue weighted by Crippen LogP contribution is -2.35. The third-order valence-electron chi connectivity index (χ3n) is 4.90. The van der Waals surface area contributed by atoms with Crippen molar-refractivity contribution in [3.05, 3.63) is 30.2 Å². The Bertz CT molecular complexity index is 1100. The number of nitrogens with one attached hydrogen (secondary N) is 1. The van der Waals surface area contributed by atoms with Gasteiger partial charge < -0.3 is 15.8 Å². The lowest BCUT2D eigenvalue weighted by Gasteiger charge is -2.20. The van der Waals surface area contributed by atoms with Crippen LogP contribution in [0.4, 0.5) is 8.78 Å². The summed E-state index contributed by atoms with van der Waals surface area (Å²) in [5.74, 6) is -6.47. The van der Waals surface area contributed by atoms with Crippen molar-refractivity contribution in [2.45, 2.75) is 25.3 Å². The number of carbonyl (C=O) groups is 2. The Labute approximate surface area is 156 Å². The zero-order valence-electron chi connectivity index (χ0n) is 14.7. The summed E-state index contributed by atoms with van der Waals surface area (Å²) in [5.41, 5.74) is 6.21. The molecule has 2 atom stereocenters. The molecule has 4 rings (SSSR count). The zero-order valence-corrected chi connectivity index (χ0v) is 14.7. The number of halogens is 2. The predicted octanol–water partition coefficient (Wildman–Crippen LogP) is 0.915. The number of nitrogens with two attached hydrogens (primary N) is 1. The average Bonchev–Trinajstić information content (AvgIpc) is 3.22. The van der Waals surface area contributed by atoms with Gasteiger partial charge in [0.25, 0.3) is 11.8 Å². The molecule has 1 aliphatic rings. The van der Waals surface area contributed by atoms with Crippen LogP contribution in [0, 0.1) is 5.92 Å². The fraction of sp³-hybridized carbons (Fsp3) is 0.353. The van der Waals surface area contributed by atoms with Gasteiger partial charge in [-0.25, -0.2) is 14.5 Å². The first-order valence-electron chi connectivity index (χ1n) is 8.57. The summed E-state index contributed by atoms with van der Waals surface area (Å²) < 4.78 is 35.0. The van der Waals surface area contributed by atoms with Crippen molar-refractivity contribution in [2.24, 2.45) is 11.7 Å². The SMILES string of the molecule is CC[C@H]1[C@@H](COc2nccc3cc(C(N)=O)c4ncnn4c23)NC(=O)C1(F)F. The average molecular weight is 390 g/mol. The van der Waals surface area contributed by atoms with Crippen molar-refractivity contribution in [2.75, 3.05) is 6.61 Å². The van der Waals surface area contributed by atoms with Crippen LogP contribution in [-0.2, 0) is 4.79 Å². The molecule has 3 aromatic rings. The minimum atomic E-state index is -3.44. The highest BCUT2D eigenvalue weighted by atomic mass is 19.3. The monoisotopic (exact) mass is 390 g/mol. The molecule has 0 unspecified atom stereocenters. The number of nitrogens with zero attached hydrogens (tertiary/aromatic N) is 4. The number of alkyl halides is 2. The third-order valence-corrected chi connectivity index (χ3v) is 4.90. The predicted molar refractivity (Wildman–Crippen MR) is 93.0 cm³/mol. The Hall–Kier alpha value is -3.37. The van der Waals surface area contributed by atoms with Gasteiger partial charge in [0.2, 0.25) is 5.88 Å². The molecule has 3 aromatic heterocycles. The second kappa shape index (κ2) is 6.36. The zero-order chi connectivity index (χ0) is 20.1. The number of fused-ring (bicyclic) bond motifs is 3. The molecule has 0 aromatic carbocycles. The van der Waals surface area contributed by atoms with Gasteiger partial charge in [0.15, 0.2) is 5.65 Å². The summed E-state index contributed by atoms with van der Waals surface area (Å²) in [4.78, 5) is 31.4. The van der Waals surface area contributed by atoms with E-state index in [1.807, 2.05) is 0 Å². The quantitative estimate of drug-likeness (QED) is 0.667. The van der Waals surface area contributed by atoms with E-state index in [0.29, 0.717) is 10.9 Å². The molecule has 2 amide bonds. The summed E-state index contributed by atoms with van der Waals surface area (Å²) in [6, 6.07) is 2.31. The summed E-state index contributed by atoms with van der Waals surface area (Å²) in [7, 11) is 0. The van der Waals surface area contributed by atoms with E-state index in [1.165, 1.54) is 23.1 Å². The Kier molecular flexibility index (Phi) is 4.09. The first-order valence-corrected chi connectivity index (χ1v) is 8.57. The van der Waals surface area contributed by atoms with Crippen molar-refractivity contribution in [3.63, 3.8) is 0 Å². The Morgan fingerprint density at radius 2 is 2.21 bits per heavy atom. The van der Waals surface area contributed by atoms with E-state index in [-0.39, 0.29) is 30.1 Å². The highest BCUT2D eigenvalue weighted by molar-refractivity contribution is 6.03. The van der Waals surface area contributed by atoms with Crippen molar-refractivity contribution >= 4 is 28.4 Å². The molecule has 1 saturated heterocycles. The molecule has 9 nitrogen and oxygen atoms in total. The Morgan fingerprint density at radius 3 is 2.93 bits per heavy atom. The van der Waals surface area contributed by atoms with Crippen LogP contribution < -0.4 is 15.8 Å². The first-order chi connectivity index (χ1) is 13.3. The van der Waals surface area contributed by atoms with Gasteiger partial charge in [-0.05, 0) is 18.6 Å². The summed E-state index contributed by atoms with van der Waals surface area (Å²) in [6.07, 6.45) is 2.81. The highest BCUT2D eigenvalue weighted by Crippen LogP contribution is 2.36. The van der Waals surface area contributed by atoms with E-state index in [1.54, 1.807) is 13.0 Å². The molecular formula is C17H16F2N6O3. The van der Waals surface area contributed by atoms with Crippen molar-refractivity contribution in [3.8, 4) is 5.88 Å². The van der Waals surface area contributed by atoms with Gasteiger partial charge >= 0.3 is 5.92 Å². The molecule has 0 saturated carbocycles. The summed E-state index contributed by atoms with van der Waals surface area (Å²) >= 11 is 0. The minimum Gasteiger partial charge on any atom is -0.474 e. The van der Waals surface area contributed by atoms with Gasteiger partial charge in [-0.15, -0.1) is 0 Å². The van der Waals surface area contributed by atoms with E-state index in [2.05, 4.69) is 20.4 Å². The maximum atomic E-state index is 14.0. The molecule has 0 aliphatic carbocycles. The van der Waals surface area contributed by atoms with Crippen LogP contribution in [0.2, 0.25) is 0 Å². The van der Waals surface area contributed by atoms with Crippen molar-refractivity contribution in [1.82, 2.24) is 24.9 Å². The minimum absolute atomic E-state index is 0.109. The van der Waals surface area contributed by atoms with E-state index < -0.39 is 29.7 Å². The number of ether oxygens (including phenoxy) is 1. The molecule has 4 heterocycles. The Balaban J connectivity index is 1.72. The molecule has 3 N–H and O–H groups in total. The second-order valence-corrected chi connectivity index (χ2v) is 6.50. The Morgan fingerprint density at radius 1 is 1.43 bits per heavy atom. The van der Waals surface area contributed by atoms with Gasteiger partial charge in [-0.1, -0.05) is 6.92 Å². The van der Waals surface area contributed by atoms with Gasteiger partial charge in [-0.3, -0.25) is 9.59 Å². The highest BCUT2D eigenvalue weighted by Gasteiger charge is 2.56. The number of hydrogen-bond donors (Lipinski definition) is 2. The molecule has 11 heteroatoms. The number of amides is 2. The maximum Gasteiger partial charge on any atom is 0.329 e. The smallest absolute Gasteiger partial charge is 0.329 e. The second-order valence-electron chi connectivity index (χ2n) is 6.50. The number of rotatable bonds is 5. The van der Waals surface area contributed by atoms with Crippen LogP contribution >= 0.6 is 0 Å². The fourth-order valence-corrected chi connectivity index (χ4v) is 3.53. The standard InChI is InChI=1S/C17H16F2N6O3/c1-2-10-11(24-16(27)17(10,18)19)6-28-15-12-8(3-4-21-15)5-9(13(20)26)14-22-7-23-25(12)14/h3-5,7,10-11H,2,6H2,1H3,(H2,20,26)(H,24,27)/t10-,11+/m0/s1. The van der Waals surface area contributed by atoms with Crippen LogP contribution in [0.15, 0.2) is 24.7 Å². The van der Waals surface area contributed by atoms with Crippen LogP contribution in [0.1, 0.15) is 23.7 Å². The van der Waals surface area contributed by atoms with Gasteiger partial charge in [0.1, 0.15) is 18.5 Å². The largest absolute Gasteiger partial charge is 0.474 e. The van der Waals surface area contributed by atoms with Crippen molar-refractivity contribution in [1.29, 1.82) is 0 Å².